The first-order valence-corrected chi connectivity index (χ1v) is 13.0. The summed E-state index contributed by atoms with van der Waals surface area (Å²) >= 11 is 0. The Kier molecular flexibility index (Phi) is 6.21. The summed E-state index contributed by atoms with van der Waals surface area (Å²) in [6, 6.07) is 28.0. The lowest BCUT2D eigenvalue weighted by molar-refractivity contribution is -0.0172. The Morgan fingerprint density at radius 1 is 0.833 bits per heavy atom. The molecular weight excluding hydrogens is 412 g/mol. The third kappa shape index (κ3) is 4.01. The third-order valence-electron chi connectivity index (χ3n) is 6.02. The van der Waals surface area contributed by atoms with Crippen molar-refractivity contribution in [1.29, 1.82) is 0 Å². The van der Waals surface area contributed by atoms with Crippen LogP contribution in [0, 0.1) is 0 Å². The van der Waals surface area contributed by atoms with Crippen molar-refractivity contribution >= 4 is 25.9 Å². The molecule has 0 bridgehead atoms. The van der Waals surface area contributed by atoms with Crippen molar-refractivity contribution < 1.29 is 9.53 Å². The SMILES string of the molecule is CCC1(OC(=O)c2ccc(S(Cl)(c3ccccc3)c3ccccc3)cc2)CCCC1. The molecule has 0 spiro atoms. The Hall–Kier alpha value is -2.23. The van der Waals surface area contributed by atoms with Crippen LogP contribution in [0.3, 0.4) is 0 Å². The summed E-state index contributed by atoms with van der Waals surface area (Å²) in [6.07, 6.45) is 5.06. The molecule has 156 valence electrons. The van der Waals surface area contributed by atoms with Crippen molar-refractivity contribution in [2.45, 2.75) is 59.3 Å². The number of esters is 1. The van der Waals surface area contributed by atoms with Gasteiger partial charge < -0.3 is 4.74 Å². The van der Waals surface area contributed by atoms with Gasteiger partial charge in [-0.25, -0.2) is 4.79 Å². The van der Waals surface area contributed by atoms with E-state index < -0.39 is 9.24 Å². The number of hydrogen-bond acceptors (Lipinski definition) is 2. The highest BCUT2D eigenvalue weighted by Crippen LogP contribution is 2.72. The van der Waals surface area contributed by atoms with Gasteiger partial charge in [0.25, 0.3) is 0 Å². The first-order valence-electron chi connectivity index (χ1n) is 10.5. The van der Waals surface area contributed by atoms with Crippen LogP contribution in [0.15, 0.2) is 99.6 Å². The van der Waals surface area contributed by atoms with Crippen LogP contribution in [0.25, 0.3) is 0 Å². The van der Waals surface area contributed by atoms with Gasteiger partial charge in [0.15, 0.2) is 0 Å². The van der Waals surface area contributed by atoms with Crippen molar-refractivity contribution in [2.24, 2.45) is 0 Å². The lowest BCUT2D eigenvalue weighted by atomic mass is 9.98. The number of rotatable bonds is 6. The number of benzene rings is 3. The topological polar surface area (TPSA) is 26.3 Å². The average Bonchev–Trinajstić information content (AvgIpc) is 3.28. The van der Waals surface area contributed by atoms with Crippen molar-refractivity contribution in [2.75, 3.05) is 0 Å². The fourth-order valence-corrected chi connectivity index (χ4v) is 7.52. The van der Waals surface area contributed by atoms with Crippen molar-refractivity contribution in [1.82, 2.24) is 0 Å². The molecule has 3 aromatic carbocycles. The molecule has 0 unspecified atom stereocenters. The summed E-state index contributed by atoms with van der Waals surface area (Å²) < 4.78 is 5.96. The molecule has 4 heteroatoms. The van der Waals surface area contributed by atoms with E-state index in [1.54, 1.807) is 0 Å². The number of ether oxygens (including phenoxy) is 1. The van der Waals surface area contributed by atoms with Crippen LogP contribution in [0.1, 0.15) is 49.4 Å². The van der Waals surface area contributed by atoms with Gasteiger partial charge in [-0.05, 0) is 80.6 Å². The molecule has 0 radical (unpaired) electrons. The van der Waals surface area contributed by atoms with Crippen LogP contribution in [0.2, 0.25) is 0 Å². The fourth-order valence-electron chi connectivity index (χ4n) is 4.21. The maximum atomic E-state index is 12.8. The molecule has 0 aromatic heterocycles. The van der Waals surface area contributed by atoms with Crippen LogP contribution in [0.4, 0.5) is 0 Å². The maximum Gasteiger partial charge on any atom is 0.338 e. The van der Waals surface area contributed by atoms with Crippen molar-refractivity contribution in [3.05, 3.63) is 90.5 Å². The number of carbonyl (C=O) groups is 1. The first kappa shape index (κ1) is 21.0. The minimum Gasteiger partial charge on any atom is -0.455 e. The quantitative estimate of drug-likeness (QED) is 0.364. The second-order valence-electron chi connectivity index (χ2n) is 7.82. The van der Waals surface area contributed by atoms with Crippen LogP contribution in [0.5, 0.6) is 0 Å². The van der Waals surface area contributed by atoms with Gasteiger partial charge in [0.1, 0.15) is 5.60 Å². The maximum absolute atomic E-state index is 12.8. The zero-order valence-corrected chi connectivity index (χ0v) is 18.8. The lowest BCUT2D eigenvalue weighted by Gasteiger charge is -2.34. The van der Waals surface area contributed by atoms with Crippen LogP contribution < -0.4 is 0 Å². The van der Waals surface area contributed by atoms with E-state index in [1.807, 2.05) is 60.7 Å². The largest absolute Gasteiger partial charge is 0.455 e. The molecule has 0 heterocycles. The molecular formula is C26H27ClO2S. The zero-order chi connectivity index (χ0) is 21.0. The Bertz CT molecular complexity index is 941. The molecule has 0 N–H and O–H groups in total. The Labute approximate surface area is 185 Å². The van der Waals surface area contributed by atoms with Crippen LogP contribution in [-0.4, -0.2) is 11.6 Å². The van der Waals surface area contributed by atoms with Gasteiger partial charge in [-0.1, -0.05) is 63.2 Å². The van der Waals surface area contributed by atoms with E-state index in [4.69, 9.17) is 15.4 Å². The molecule has 1 aliphatic carbocycles. The second kappa shape index (κ2) is 8.87. The van der Waals surface area contributed by atoms with E-state index in [2.05, 4.69) is 31.2 Å². The van der Waals surface area contributed by atoms with E-state index in [0.29, 0.717) is 5.56 Å². The molecule has 0 saturated heterocycles. The number of carbonyl (C=O) groups excluding carboxylic acids is 1. The summed E-state index contributed by atoms with van der Waals surface area (Å²) in [5, 5.41) is 0. The number of halogens is 1. The molecule has 0 amide bonds. The van der Waals surface area contributed by atoms with E-state index in [9.17, 15) is 4.79 Å². The highest BCUT2D eigenvalue weighted by Gasteiger charge is 2.36. The predicted octanol–water partition coefficient (Wildman–Crippen LogP) is 8.00. The van der Waals surface area contributed by atoms with Crippen molar-refractivity contribution in [3.8, 4) is 0 Å². The molecule has 4 rings (SSSR count). The van der Waals surface area contributed by atoms with Crippen LogP contribution in [-0.2, 0) is 4.74 Å². The zero-order valence-electron chi connectivity index (χ0n) is 17.2. The van der Waals surface area contributed by atoms with E-state index in [1.165, 1.54) is 0 Å². The molecule has 1 aliphatic rings. The summed E-state index contributed by atoms with van der Waals surface area (Å²) in [5.74, 6) is -0.236. The molecule has 1 fully saturated rings. The van der Waals surface area contributed by atoms with Gasteiger partial charge in [-0.3, -0.25) is 0 Å². The predicted molar refractivity (Wildman–Crippen MR) is 124 cm³/mol. The monoisotopic (exact) mass is 438 g/mol. The van der Waals surface area contributed by atoms with Gasteiger partial charge >= 0.3 is 5.97 Å². The standard InChI is InChI=1S/C26H27ClO2S/c1-2-26(19-9-10-20-26)29-25(28)21-15-17-24(18-16-21)30(27,22-11-5-3-6-12-22)23-13-7-4-8-14-23/h3-8,11-18H,2,9-10,19-20H2,1H3. The average molecular weight is 439 g/mol. The minimum atomic E-state index is -1.94. The molecule has 30 heavy (non-hydrogen) atoms. The fraction of sp³-hybridized carbons (Fsp3) is 0.269. The highest BCUT2D eigenvalue weighted by molar-refractivity contribution is 8.51. The van der Waals surface area contributed by atoms with E-state index in [-0.39, 0.29) is 11.6 Å². The number of hydrogen-bond donors (Lipinski definition) is 0. The molecule has 3 aromatic rings. The third-order valence-corrected chi connectivity index (χ3v) is 10.4. The Balaban J connectivity index is 1.66. The highest BCUT2D eigenvalue weighted by atomic mass is 35.7. The van der Waals surface area contributed by atoms with Crippen LogP contribution >= 0.6 is 19.9 Å². The van der Waals surface area contributed by atoms with Gasteiger partial charge in [0.05, 0.1) is 5.56 Å². The first-order chi connectivity index (χ1) is 14.6. The molecule has 0 atom stereocenters. The summed E-state index contributed by atoms with van der Waals surface area (Å²) in [4.78, 5) is 16.0. The Morgan fingerprint density at radius 2 is 1.30 bits per heavy atom. The molecule has 1 saturated carbocycles. The van der Waals surface area contributed by atoms with E-state index in [0.717, 1.165) is 46.8 Å². The summed E-state index contributed by atoms with van der Waals surface area (Å²) in [5.41, 5.74) is 0.295. The van der Waals surface area contributed by atoms with Gasteiger partial charge in [0, 0.05) is 14.7 Å². The normalized spacial score (nSPS) is 16.2. The van der Waals surface area contributed by atoms with E-state index >= 15 is 0 Å². The summed E-state index contributed by atoms with van der Waals surface area (Å²) in [7, 11) is 5.46. The minimum absolute atomic E-state index is 0.236. The van der Waals surface area contributed by atoms with Crippen molar-refractivity contribution in [3.63, 3.8) is 0 Å². The second-order valence-corrected chi connectivity index (χ2v) is 11.7. The van der Waals surface area contributed by atoms with Gasteiger partial charge in [-0.15, -0.1) is 0 Å². The Morgan fingerprint density at radius 3 is 1.77 bits per heavy atom. The van der Waals surface area contributed by atoms with Gasteiger partial charge in [0.2, 0.25) is 0 Å². The summed E-state index contributed by atoms with van der Waals surface area (Å²) in [6.45, 7) is 2.10. The molecule has 2 nitrogen and oxygen atoms in total. The molecule has 0 aliphatic heterocycles. The lowest BCUT2D eigenvalue weighted by Crippen LogP contribution is -2.31. The van der Waals surface area contributed by atoms with Gasteiger partial charge in [-0.2, -0.15) is 0 Å². The smallest absolute Gasteiger partial charge is 0.338 e.